The average molecular weight is 464 g/mol. The van der Waals surface area contributed by atoms with Crippen LogP contribution >= 0.6 is 11.6 Å². The predicted octanol–water partition coefficient (Wildman–Crippen LogP) is 5.55. The number of carbonyl (C=O) groups excluding carboxylic acids is 1. The Balaban J connectivity index is 1.50. The molecule has 2 aromatic carbocycles. The van der Waals surface area contributed by atoms with Crippen LogP contribution in [0.15, 0.2) is 84.9 Å². The van der Waals surface area contributed by atoms with Gasteiger partial charge in [0.1, 0.15) is 17.2 Å². The molecule has 0 saturated carbocycles. The Labute approximate surface area is 196 Å². The molecule has 1 saturated heterocycles. The smallest absolute Gasteiger partial charge is 0.246 e. The lowest BCUT2D eigenvalue weighted by molar-refractivity contribution is -0.125. The van der Waals surface area contributed by atoms with E-state index in [4.69, 9.17) is 16.3 Å². The van der Waals surface area contributed by atoms with E-state index in [0.717, 1.165) is 6.42 Å². The average Bonchev–Trinajstić information content (AvgIpc) is 3.31. The molecular weight excluding hydrogens is 442 g/mol. The topological polar surface area (TPSA) is 87.1 Å². The van der Waals surface area contributed by atoms with E-state index in [9.17, 15) is 9.70 Å². The Hall–Kier alpha value is -3.91. The van der Waals surface area contributed by atoms with Crippen LogP contribution in [0.25, 0.3) is 0 Å². The minimum Gasteiger partial charge on any atom is -0.457 e. The molecule has 0 aliphatic carbocycles. The van der Waals surface area contributed by atoms with Crippen molar-refractivity contribution in [3.63, 3.8) is 0 Å². The maximum Gasteiger partial charge on any atom is 0.246 e. The van der Waals surface area contributed by atoms with Crippen LogP contribution < -0.4 is 15.1 Å². The van der Waals surface area contributed by atoms with Gasteiger partial charge in [0.2, 0.25) is 5.91 Å². The Kier molecular flexibility index (Phi) is 6.85. The monoisotopic (exact) mass is 463 g/mol. The van der Waals surface area contributed by atoms with Gasteiger partial charge in [-0.1, -0.05) is 18.2 Å². The lowest BCUT2D eigenvalue weighted by atomic mass is 10.2. The maximum absolute atomic E-state index is 11.9. The van der Waals surface area contributed by atoms with Gasteiger partial charge < -0.3 is 15.0 Å². The fraction of sp³-hybridized carbons (Fsp3) is 0.167. The number of anilines is 3. The van der Waals surface area contributed by atoms with Crippen molar-refractivity contribution in [1.82, 2.24) is 9.88 Å². The Morgan fingerprint density at radius 2 is 1.88 bits per heavy atom. The number of nitroso groups, excluding NO2 is 1. The summed E-state index contributed by atoms with van der Waals surface area (Å²) in [4.78, 5) is 29.6. The Morgan fingerprint density at radius 1 is 1.18 bits per heavy atom. The Morgan fingerprint density at radius 3 is 2.55 bits per heavy atom. The van der Waals surface area contributed by atoms with E-state index in [1.165, 1.54) is 11.1 Å². The van der Waals surface area contributed by atoms with Crippen molar-refractivity contribution in [1.29, 1.82) is 0 Å². The van der Waals surface area contributed by atoms with Crippen LogP contribution in [0.3, 0.4) is 0 Å². The molecule has 33 heavy (non-hydrogen) atoms. The summed E-state index contributed by atoms with van der Waals surface area (Å²) >= 11 is 5.91. The number of nitrogens with one attached hydrogen (secondary N) is 1. The van der Waals surface area contributed by atoms with Gasteiger partial charge in [-0.3, -0.25) is 9.78 Å². The van der Waals surface area contributed by atoms with E-state index in [1.54, 1.807) is 71.9 Å². The number of amides is 1. The van der Waals surface area contributed by atoms with Crippen molar-refractivity contribution < 1.29 is 9.53 Å². The molecule has 1 unspecified atom stereocenters. The summed E-state index contributed by atoms with van der Waals surface area (Å²) in [6.45, 7) is 4.74. The molecule has 1 aromatic heterocycles. The van der Waals surface area contributed by atoms with E-state index in [0.29, 0.717) is 46.7 Å². The fourth-order valence-electron chi connectivity index (χ4n) is 3.63. The molecule has 8 nitrogen and oxygen atoms in total. The number of aromatic nitrogens is 1. The fourth-order valence-corrected chi connectivity index (χ4v) is 3.75. The third kappa shape index (κ3) is 5.30. The number of pyridine rings is 1. The van der Waals surface area contributed by atoms with Gasteiger partial charge in [0.05, 0.1) is 22.9 Å². The van der Waals surface area contributed by atoms with E-state index in [-0.39, 0.29) is 11.9 Å². The number of ether oxygens (including phenoxy) is 1. The number of likely N-dealkylation sites (tertiary alicyclic amines) is 1. The molecule has 1 fully saturated rings. The first kappa shape index (κ1) is 22.3. The molecule has 1 aliphatic rings. The molecule has 9 heteroatoms. The molecule has 0 spiro atoms. The summed E-state index contributed by atoms with van der Waals surface area (Å²) < 4.78 is 5.81. The molecule has 1 amide bonds. The van der Waals surface area contributed by atoms with Crippen LogP contribution in [-0.2, 0) is 4.79 Å². The highest BCUT2D eigenvalue weighted by atomic mass is 35.5. The molecule has 2 heterocycles. The minimum atomic E-state index is -0.0913. The number of nitrogens with zero attached hydrogens (tertiary/aromatic N) is 4. The normalized spacial score (nSPS) is 15.1. The van der Waals surface area contributed by atoms with Gasteiger partial charge in [0.15, 0.2) is 0 Å². The first-order chi connectivity index (χ1) is 16.1. The zero-order valence-electron chi connectivity index (χ0n) is 17.7. The number of carbonyl (C=O) groups is 1. The van der Waals surface area contributed by atoms with Crippen LogP contribution in [0.4, 0.5) is 17.1 Å². The van der Waals surface area contributed by atoms with E-state index >= 15 is 0 Å². The molecule has 3 aromatic rings. The first-order valence-electron chi connectivity index (χ1n) is 10.4. The minimum absolute atomic E-state index is 0.0405. The number of halogens is 1. The molecule has 0 radical (unpaired) electrons. The summed E-state index contributed by atoms with van der Waals surface area (Å²) in [5.41, 5.74) is 1.76. The molecule has 4 rings (SSSR count). The van der Waals surface area contributed by atoms with Crippen LogP contribution in [0.1, 0.15) is 6.42 Å². The third-order valence-electron chi connectivity index (χ3n) is 5.27. The number of hydrogen-bond donors (Lipinski definition) is 1. The van der Waals surface area contributed by atoms with Crippen molar-refractivity contribution in [2.24, 2.45) is 5.29 Å². The number of rotatable bonds is 8. The first-order valence-corrected chi connectivity index (χ1v) is 10.7. The van der Waals surface area contributed by atoms with Crippen LogP contribution in [-0.4, -0.2) is 34.9 Å². The highest BCUT2D eigenvalue weighted by Gasteiger charge is 2.26. The highest BCUT2D eigenvalue weighted by Crippen LogP contribution is 2.34. The van der Waals surface area contributed by atoms with E-state index in [1.807, 2.05) is 0 Å². The molecule has 1 atom stereocenters. The number of hydrogen-bond acceptors (Lipinski definition) is 6. The van der Waals surface area contributed by atoms with E-state index in [2.05, 4.69) is 22.2 Å². The summed E-state index contributed by atoms with van der Waals surface area (Å²) in [7, 11) is 0. The second-order valence-electron chi connectivity index (χ2n) is 7.45. The lowest BCUT2D eigenvalue weighted by Gasteiger charge is -2.22. The summed E-state index contributed by atoms with van der Waals surface area (Å²) in [6, 6.07) is 15.8. The Bertz CT molecular complexity index is 1140. The van der Waals surface area contributed by atoms with Crippen LogP contribution in [0.2, 0.25) is 5.02 Å². The zero-order chi connectivity index (χ0) is 23.2. The molecule has 1 N–H and O–H groups in total. The predicted molar refractivity (Wildman–Crippen MR) is 129 cm³/mol. The van der Waals surface area contributed by atoms with Crippen molar-refractivity contribution in [3.05, 3.63) is 89.6 Å². The van der Waals surface area contributed by atoms with Crippen molar-refractivity contribution >= 4 is 34.6 Å². The highest BCUT2D eigenvalue weighted by molar-refractivity contribution is 6.30. The van der Waals surface area contributed by atoms with Gasteiger partial charge >= 0.3 is 0 Å². The molecule has 0 bridgehead atoms. The van der Waals surface area contributed by atoms with Gasteiger partial charge in [-0.25, -0.2) is 0 Å². The summed E-state index contributed by atoms with van der Waals surface area (Å²) in [5, 5.41) is 8.52. The lowest BCUT2D eigenvalue weighted by Crippen LogP contribution is -2.30. The quantitative estimate of drug-likeness (QED) is 0.268. The van der Waals surface area contributed by atoms with Crippen LogP contribution in [0, 0.1) is 4.91 Å². The molecular formula is C24H22ClN5O3. The molecule has 1 aliphatic heterocycles. The zero-order valence-corrected chi connectivity index (χ0v) is 18.5. The standard InChI is InChI=1S/C24H22ClN5O3/c1-2-24(31)29-14-12-18(16-29)27-22-11-13-26-15-23(22)30(28-32)19-5-9-21(10-6-19)33-20-7-3-17(25)4-8-20/h2-11,13,15,18H,1,12,14,16H2,(H,26,27). The van der Waals surface area contributed by atoms with Crippen LogP contribution in [0.5, 0.6) is 11.5 Å². The van der Waals surface area contributed by atoms with Gasteiger partial charge in [-0.05, 0) is 67.1 Å². The van der Waals surface area contributed by atoms with Gasteiger partial charge in [-0.2, -0.15) is 5.01 Å². The van der Waals surface area contributed by atoms with E-state index < -0.39 is 0 Å². The van der Waals surface area contributed by atoms with Gasteiger partial charge in [0.25, 0.3) is 0 Å². The van der Waals surface area contributed by atoms with Crippen molar-refractivity contribution in [3.8, 4) is 11.5 Å². The third-order valence-corrected chi connectivity index (χ3v) is 5.53. The largest absolute Gasteiger partial charge is 0.457 e. The maximum atomic E-state index is 11.9. The second-order valence-corrected chi connectivity index (χ2v) is 7.89. The number of benzene rings is 2. The van der Waals surface area contributed by atoms with Crippen molar-refractivity contribution in [2.45, 2.75) is 12.5 Å². The summed E-state index contributed by atoms with van der Waals surface area (Å²) in [6.07, 6.45) is 5.31. The SMILES string of the molecule is C=CC(=O)N1CCC(Nc2ccncc2N(N=O)c2ccc(Oc3ccc(Cl)cc3)cc2)C1. The summed E-state index contributed by atoms with van der Waals surface area (Å²) in [5.74, 6) is 1.16. The van der Waals surface area contributed by atoms with Gasteiger partial charge in [-0.15, -0.1) is 4.91 Å². The van der Waals surface area contributed by atoms with Crippen molar-refractivity contribution in [2.75, 3.05) is 23.4 Å². The molecule has 168 valence electrons. The second kappa shape index (κ2) is 10.1. The van der Waals surface area contributed by atoms with Gasteiger partial charge in [0, 0.05) is 30.4 Å².